The maximum Gasteiger partial charge on any atom is 0.264 e. The van der Waals surface area contributed by atoms with Crippen LogP contribution in [-0.4, -0.2) is 66.9 Å². The van der Waals surface area contributed by atoms with E-state index in [0.717, 1.165) is 39.6 Å². The van der Waals surface area contributed by atoms with Crippen LogP contribution in [0.25, 0.3) is 0 Å². The Morgan fingerprint density at radius 3 is 2.56 bits per heavy atom. The van der Waals surface area contributed by atoms with Crippen LogP contribution >= 0.6 is 0 Å². The Balaban J connectivity index is 1.32. The minimum absolute atomic E-state index is 0.0137. The molecule has 2 amide bonds. The summed E-state index contributed by atoms with van der Waals surface area (Å²) >= 11 is 0. The number of aliphatic hydroxyl groups is 1. The molecule has 1 fully saturated rings. The number of likely N-dealkylation sites (N-methyl/N-ethyl adjacent to an activating group) is 1. The van der Waals surface area contributed by atoms with Gasteiger partial charge in [-0.2, -0.15) is 0 Å². The number of aliphatic hydroxyl groups excluding tert-OH is 1. The maximum absolute atomic E-state index is 14.6. The highest BCUT2D eigenvalue weighted by Gasteiger charge is 2.65. The molecule has 7 rings (SSSR count). The number of aryl methyl sites for hydroxylation is 2. The average molecular weight is 666 g/mol. The summed E-state index contributed by atoms with van der Waals surface area (Å²) in [5, 5.41) is 19.2. The van der Waals surface area contributed by atoms with Gasteiger partial charge in [-0.1, -0.05) is 60.7 Å². The van der Waals surface area contributed by atoms with Crippen LogP contribution in [0.5, 0.6) is 5.75 Å². The molecule has 4 heterocycles. The largest absolute Gasteiger partial charge is 0.497 e. The lowest BCUT2D eigenvalue weighted by Crippen LogP contribution is -2.51. The number of rotatable bonds is 9. The summed E-state index contributed by atoms with van der Waals surface area (Å²) in [6.07, 6.45) is 3.84. The molecule has 0 radical (unpaired) electrons. The summed E-state index contributed by atoms with van der Waals surface area (Å²) < 4.78 is 14.5. The molecule has 4 atom stereocenters. The topological polar surface area (TPSA) is 110 Å². The fourth-order valence-corrected chi connectivity index (χ4v) is 12.5. The van der Waals surface area contributed by atoms with Crippen LogP contribution in [0.15, 0.2) is 72.9 Å². The van der Waals surface area contributed by atoms with Gasteiger partial charge in [0.25, 0.3) is 5.91 Å². The van der Waals surface area contributed by atoms with Crippen molar-refractivity contribution in [2.24, 2.45) is 5.92 Å². The number of hydrogen-bond acceptors (Lipinski definition) is 7. The molecule has 1 spiro atoms. The second kappa shape index (κ2) is 12.3. The molecule has 1 aromatic heterocycles. The van der Waals surface area contributed by atoms with E-state index in [2.05, 4.69) is 48.5 Å². The second-order valence-corrected chi connectivity index (χ2v) is 18.5. The quantitative estimate of drug-likeness (QED) is 0.258. The molecule has 4 aromatic rings. The van der Waals surface area contributed by atoms with Crippen LogP contribution in [0, 0.1) is 5.92 Å². The Labute approximate surface area is 282 Å². The van der Waals surface area contributed by atoms with Crippen molar-refractivity contribution < 1.29 is 24.2 Å². The van der Waals surface area contributed by atoms with E-state index in [4.69, 9.17) is 9.47 Å². The second-order valence-electron chi connectivity index (χ2n) is 13.8. The van der Waals surface area contributed by atoms with Crippen molar-refractivity contribution in [2.75, 3.05) is 30.6 Å². The molecule has 250 valence electrons. The van der Waals surface area contributed by atoms with E-state index in [0.29, 0.717) is 32.2 Å². The van der Waals surface area contributed by atoms with Crippen molar-refractivity contribution in [3.8, 4) is 5.75 Å². The van der Waals surface area contributed by atoms with Crippen molar-refractivity contribution in [1.82, 2.24) is 15.0 Å². The molecule has 3 aliphatic heterocycles. The van der Waals surface area contributed by atoms with Gasteiger partial charge >= 0.3 is 0 Å². The van der Waals surface area contributed by atoms with E-state index >= 15 is 0 Å². The Morgan fingerprint density at radius 2 is 1.81 bits per heavy atom. The van der Waals surface area contributed by atoms with E-state index in [1.165, 1.54) is 5.19 Å². The molecule has 3 aromatic carbocycles. The molecule has 11 heteroatoms. The Morgan fingerprint density at radius 1 is 1.04 bits per heavy atom. The highest BCUT2D eigenvalue weighted by Crippen LogP contribution is 2.60. The zero-order valence-corrected chi connectivity index (χ0v) is 29.2. The van der Waals surface area contributed by atoms with Crippen molar-refractivity contribution in [3.63, 3.8) is 0 Å². The summed E-state index contributed by atoms with van der Waals surface area (Å²) in [6, 6.07) is 22.3. The number of ether oxygens (including phenoxy) is 2. The summed E-state index contributed by atoms with van der Waals surface area (Å²) in [7, 11) is 1.17. The normalized spacial score (nSPS) is 23.6. The van der Waals surface area contributed by atoms with Gasteiger partial charge in [-0.25, -0.2) is 0 Å². The van der Waals surface area contributed by atoms with Crippen LogP contribution in [0.3, 0.4) is 0 Å². The first kappa shape index (κ1) is 32.2. The van der Waals surface area contributed by atoms with Crippen molar-refractivity contribution in [1.29, 1.82) is 0 Å². The fraction of sp³-hybridized carbons (Fsp3) is 0.405. The highest BCUT2D eigenvalue weighted by atomic mass is 28.3. The molecule has 0 aliphatic carbocycles. The summed E-state index contributed by atoms with van der Waals surface area (Å²) in [5.74, 6) is 0.603. The first-order chi connectivity index (χ1) is 23.1. The first-order valence-corrected chi connectivity index (χ1v) is 19.8. The molecule has 0 unspecified atom stereocenters. The van der Waals surface area contributed by atoms with E-state index in [1.807, 2.05) is 61.8 Å². The molecule has 1 N–H and O–H groups in total. The maximum atomic E-state index is 14.6. The van der Waals surface area contributed by atoms with Gasteiger partial charge in [-0.15, -0.1) is 5.10 Å². The third-order valence-corrected chi connectivity index (χ3v) is 15.3. The summed E-state index contributed by atoms with van der Waals surface area (Å²) in [4.78, 5) is 31.6. The number of methoxy groups -OCH3 is 1. The van der Waals surface area contributed by atoms with Gasteiger partial charge < -0.3 is 19.5 Å². The molecule has 0 saturated carbocycles. The van der Waals surface area contributed by atoms with Crippen LogP contribution < -0.4 is 19.7 Å². The lowest BCUT2D eigenvalue weighted by atomic mass is 9.82. The van der Waals surface area contributed by atoms with E-state index in [-0.39, 0.29) is 36.0 Å². The van der Waals surface area contributed by atoms with Gasteiger partial charge in [-0.3, -0.25) is 19.2 Å². The van der Waals surface area contributed by atoms with Gasteiger partial charge in [0.2, 0.25) is 5.91 Å². The van der Waals surface area contributed by atoms with Crippen molar-refractivity contribution in [3.05, 3.63) is 89.7 Å². The highest BCUT2D eigenvalue weighted by molar-refractivity contribution is 6.91. The number of fused-ring (bicyclic) bond motifs is 3. The molecular weight excluding hydrogens is 623 g/mol. The number of nitrogens with zero attached hydrogens (tertiary/aromatic N) is 5. The Bertz CT molecular complexity index is 1860. The molecule has 10 nitrogen and oxygen atoms in total. The smallest absolute Gasteiger partial charge is 0.264 e. The van der Waals surface area contributed by atoms with Crippen LogP contribution in [0.1, 0.15) is 36.6 Å². The van der Waals surface area contributed by atoms with Gasteiger partial charge in [0, 0.05) is 56.4 Å². The zero-order valence-electron chi connectivity index (χ0n) is 28.2. The SMILES string of the molecule is COc1ccc([Si](C)(C)[C@H]2[C@H](CCn3cc(CCO)nn3)O[C@@]3(C(=O)N(C)c4ccc(N5C(=O)CCc6ccccc65)cc43)[C@@H]2C)cc1. The van der Waals surface area contributed by atoms with Crippen molar-refractivity contribution in [2.45, 2.75) is 69.5 Å². The number of amides is 2. The lowest BCUT2D eigenvalue weighted by molar-refractivity contribution is -0.145. The number of hydrogen-bond donors (Lipinski definition) is 1. The third kappa shape index (κ3) is 5.07. The molecular formula is C37H43N5O5Si. The fourth-order valence-electron chi connectivity index (χ4n) is 8.46. The van der Waals surface area contributed by atoms with Crippen LogP contribution in [0.4, 0.5) is 17.1 Å². The first-order valence-electron chi connectivity index (χ1n) is 16.8. The monoisotopic (exact) mass is 665 g/mol. The molecule has 48 heavy (non-hydrogen) atoms. The zero-order chi connectivity index (χ0) is 33.8. The summed E-state index contributed by atoms with van der Waals surface area (Å²) in [5.41, 5.74) is 3.98. The van der Waals surface area contributed by atoms with E-state index in [1.54, 1.807) is 21.6 Å². The minimum Gasteiger partial charge on any atom is -0.497 e. The van der Waals surface area contributed by atoms with Gasteiger partial charge in [0.15, 0.2) is 5.60 Å². The van der Waals surface area contributed by atoms with Crippen LogP contribution in [-0.2, 0) is 39.3 Å². The Hall–Kier alpha value is -4.32. The number of para-hydroxylation sites is 1. The van der Waals surface area contributed by atoms with Gasteiger partial charge in [0.05, 0.1) is 38.4 Å². The molecule has 3 aliphatic rings. The van der Waals surface area contributed by atoms with Gasteiger partial charge in [0.1, 0.15) is 5.75 Å². The van der Waals surface area contributed by atoms with Crippen LogP contribution in [0.2, 0.25) is 18.6 Å². The Kier molecular flexibility index (Phi) is 8.25. The number of carbonyl (C=O) groups excluding carboxylic acids is 2. The summed E-state index contributed by atoms with van der Waals surface area (Å²) in [6.45, 7) is 7.48. The number of benzene rings is 3. The predicted molar refractivity (Wildman–Crippen MR) is 187 cm³/mol. The molecule has 0 bridgehead atoms. The minimum atomic E-state index is -2.32. The third-order valence-electron chi connectivity index (χ3n) is 10.9. The van der Waals surface area contributed by atoms with Crippen molar-refractivity contribution >= 4 is 42.1 Å². The number of carbonyl (C=O) groups is 2. The number of anilines is 3. The predicted octanol–water partition coefficient (Wildman–Crippen LogP) is 4.72. The average Bonchev–Trinajstić information content (AvgIpc) is 3.73. The number of aromatic nitrogens is 3. The van der Waals surface area contributed by atoms with E-state index in [9.17, 15) is 14.7 Å². The molecule has 1 saturated heterocycles. The standard InChI is InChI=1S/C37H43N5O5Si/c1-24-35(48(4,5)29-14-12-28(46-3)13-15-29)33(18-20-41-23-26(19-21-43)38-39-41)47-37(24)30-22-27(11-16-32(30)40(2)36(37)45)42-31-9-7-6-8-25(31)10-17-34(42)44/h6-9,11-16,22-24,33,35,43H,10,17-21H2,1-5H3/t24-,33+,35-,37+/m1/s1. The lowest BCUT2D eigenvalue weighted by Gasteiger charge is -2.37. The van der Waals surface area contributed by atoms with E-state index < -0.39 is 13.7 Å². The van der Waals surface area contributed by atoms with Gasteiger partial charge in [-0.05, 0) is 60.3 Å².